The molecule has 60 valence electrons. The molecule has 0 heterocycles. The minimum absolute atomic E-state index is 0.260. The summed E-state index contributed by atoms with van der Waals surface area (Å²) < 4.78 is 0. The summed E-state index contributed by atoms with van der Waals surface area (Å²) >= 11 is 0. The predicted molar refractivity (Wildman–Crippen MR) is 45.1 cm³/mol. The highest BCUT2D eigenvalue weighted by atomic mass is 15.4. The number of hydrogen-bond donors (Lipinski definition) is 1. The van der Waals surface area contributed by atoms with Crippen LogP contribution in [-0.2, 0) is 0 Å². The van der Waals surface area contributed by atoms with Gasteiger partial charge in [-0.15, -0.1) is 0 Å². The van der Waals surface area contributed by atoms with Crippen LogP contribution in [-0.4, -0.2) is 30.9 Å². The van der Waals surface area contributed by atoms with Crippen LogP contribution in [0.2, 0.25) is 0 Å². The molecule has 10 heavy (non-hydrogen) atoms. The monoisotopic (exact) mass is 143 g/mol. The van der Waals surface area contributed by atoms with E-state index < -0.39 is 0 Å². The normalized spacial score (nSPS) is 17.3. The lowest BCUT2D eigenvalue weighted by atomic mass is 10.0. The molecule has 3 nitrogen and oxygen atoms in total. The Labute approximate surface area is 62.9 Å². The maximum absolute atomic E-state index is 5.79. The smallest absolute Gasteiger partial charge is 0.0500 e. The molecule has 0 spiro atoms. The minimum Gasteiger partial charge on any atom is -0.321 e. The molecule has 0 amide bonds. The van der Waals surface area contributed by atoms with Gasteiger partial charge in [-0.05, 0) is 13.3 Å². The third-order valence-electron chi connectivity index (χ3n) is 1.35. The van der Waals surface area contributed by atoms with Crippen molar-refractivity contribution in [1.82, 2.24) is 5.01 Å². The molecule has 2 N–H and O–H groups in total. The summed E-state index contributed by atoms with van der Waals surface area (Å²) in [6.45, 7) is 4.00. The van der Waals surface area contributed by atoms with Gasteiger partial charge in [0.25, 0.3) is 0 Å². The van der Waals surface area contributed by atoms with Crippen LogP contribution in [0.4, 0.5) is 0 Å². The lowest BCUT2D eigenvalue weighted by Crippen LogP contribution is -2.37. The van der Waals surface area contributed by atoms with E-state index in [9.17, 15) is 0 Å². The first kappa shape index (κ1) is 9.43. The zero-order valence-corrected chi connectivity index (χ0v) is 7.26. The maximum Gasteiger partial charge on any atom is 0.0500 e. The van der Waals surface area contributed by atoms with Gasteiger partial charge in [0.1, 0.15) is 0 Å². The summed E-state index contributed by atoms with van der Waals surface area (Å²) in [5.74, 6) is 0. The fourth-order valence-corrected chi connectivity index (χ4v) is 0.339. The molecule has 0 rings (SSSR count). The van der Waals surface area contributed by atoms with Crippen LogP contribution in [0.5, 0.6) is 0 Å². The Morgan fingerprint density at radius 3 is 2.40 bits per heavy atom. The molecule has 3 heteroatoms. The predicted octanol–water partition coefficient (Wildman–Crippen LogP) is 0.661. The maximum atomic E-state index is 5.79. The summed E-state index contributed by atoms with van der Waals surface area (Å²) in [5, 5.41) is 5.79. The molecule has 0 aliphatic heterocycles. The first-order chi connectivity index (χ1) is 4.48. The van der Waals surface area contributed by atoms with Crippen molar-refractivity contribution in [2.24, 2.45) is 10.8 Å². The first-order valence-corrected chi connectivity index (χ1v) is 3.49. The van der Waals surface area contributed by atoms with Crippen molar-refractivity contribution >= 4 is 6.21 Å². The third-order valence-corrected chi connectivity index (χ3v) is 1.35. The first-order valence-electron chi connectivity index (χ1n) is 3.49. The Balaban J connectivity index is 3.86. The number of nitrogens with zero attached hydrogens (tertiary/aromatic N) is 2. The number of rotatable bonds is 3. The van der Waals surface area contributed by atoms with Crippen LogP contribution in [0.15, 0.2) is 5.10 Å². The second kappa shape index (κ2) is 3.56. The minimum atomic E-state index is -0.260. The van der Waals surface area contributed by atoms with Gasteiger partial charge in [0.05, 0.1) is 0 Å². The van der Waals surface area contributed by atoms with Gasteiger partial charge in [-0.1, -0.05) is 6.92 Å². The molecule has 0 bridgehead atoms. The summed E-state index contributed by atoms with van der Waals surface area (Å²) in [6.07, 6.45) is 2.68. The number of hydrogen-bond acceptors (Lipinski definition) is 3. The van der Waals surface area contributed by atoms with Crippen molar-refractivity contribution in [2.45, 2.75) is 25.8 Å². The molecule has 0 saturated carbocycles. The van der Waals surface area contributed by atoms with Crippen LogP contribution in [0.3, 0.4) is 0 Å². The lowest BCUT2D eigenvalue weighted by molar-refractivity contribution is 0.432. The van der Waals surface area contributed by atoms with Crippen LogP contribution in [0, 0.1) is 0 Å². The van der Waals surface area contributed by atoms with Gasteiger partial charge in [0.15, 0.2) is 0 Å². The van der Waals surface area contributed by atoms with Crippen molar-refractivity contribution in [1.29, 1.82) is 0 Å². The average Bonchev–Trinajstić information content (AvgIpc) is 1.85. The van der Waals surface area contributed by atoms with Crippen LogP contribution in [0.25, 0.3) is 0 Å². The molecule has 1 unspecified atom stereocenters. The number of hydrazone groups is 1. The highest BCUT2D eigenvalue weighted by Crippen LogP contribution is 1.99. The zero-order valence-electron chi connectivity index (χ0n) is 7.26. The summed E-state index contributed by atoms with van der Waals surface area (Å²) in [4.78, 5) is 0. The molecule has 0 aromatic carbocycles. The van der Waals surface area contributed by atoms with Gasteiger partial charge in [-0.25, -0.2) is 0 Å². The average molecular weight is 143 g/mol. The van der Waals surface area contributed by atoms with Crippen LogP contribution < -0.4 is 5.73 Å². The topological polar surface area (TPSA) is 41.6 Å². The van der Waals surface area contributed by atoms with E-state index in [4.69, 9.17) is 5.73 Å². The van der Waals surface area contributed by atoms with Crippen LogP contribution >= 0.6 is 0 Å². The highest BCUT2D eigenvalue weighted by molar-refractivity contribution is 5.68. The van der Waals surface area contributed by atoms with E-state index in [1.807, 2.05) is 27.9 Å². The fraction of sp³-hybridized carbons (Fsp3) is 0.857. The standard InChI is InChI=1S/C7H17N3/c1-5-7(2,8)6-9-10(3)4/h6H,5,8H2,1-4H3. The van der Waals surface area contributed by atoms with Gasteiger partial charge in [0.2, 0.25) is 0 Å². The Morgan fingerprint density at radius 1 is 1.60 bits per heavy atom. The van der Waals surface area contributed by atoms with E-state index in [2.05, 4.69) is 5.10 Å². The quantitative estimate of drug-likeness (QED) is 0.466. The van der Waals surface area contributed by atoms with E-state index in [1.54, 1.807) is 11.2 Å². The highest BCUT2D eigenvalue weighted by Gasteiger charge is 2.10. The van der Waals surface area contributed by atoms with Gasteiger partial charge < -0.3 is 10.7 Å². The molecule has 0 saturated heterocycles. The molecule has 1 atom stereocenters. The second-order valence-corrected chi connectivity index (χ2v) is 2.95. The van der Waals surface area contributed by atoms with Crippen molar-refractivity contribution in [3.8, 4) is 0 Å². The molecule has 0 aromatic rings. The van der Waals surface area contributed by atoms with Crippen LogP contribution in [0.1, 0.15) is 20.3 Å². The summed E-state index contributed by atoms with van der Waals surface area (Å²) in [6, 6.07) is 0. The van der Waals surface area contributed by atoms with Crippen molar-refractivity contribution in [3.05, 3.63) is 0 Å². The fourth-order valence-electron chi connectivity index (χ4n) is 0.339. The van der Waals surface area contributed by atoms with E-state index in [-0.39, 0.29) is 5.54 Å². The lowest BCUT2D eigenvalue weighted by Gasteiger charge is -2.16. The molecule has 0 aliphatic carbocycles. The Kier molecular flexibility index (Phi) is 3.36. The van der Waals surface area contributed by atoms with Gasteiger partial charge in [-0.2, -0.15) is 5.10 Å². The van der Waals surface area contributed by atoms with E-state index in [1.165, 1.54) is 0 Å². The zero-order chi connectivity index (χ0) is 8.20. The molecular formula is C7H17N3. The molecule has 0 aromatic heterocycles. The van der Waals surface area contributed by atoms with Gasteiger partial charge >= 0.3 is 0 Å². The molecule has 0 radical (unpaired) electrons. The summed E-state index contributed by atoms with van der Waals surface area (Å²) in [5.41, 5.74) is 5.53. The Morgan fingerprint density at radius 2 is 2.10 bits per heavy atom. The van der Waals surface area contributed by atoms with E-state index >= 15 is 0 Å². The van der Waals surface area contributed by atoms with Gasteiger partial charge in [-0.3, -0.25) is 0 Å². The Hall–Kier alpha value is -0.570. The van der Waals surface area contributed by atoms with Gasteiger partial charge in [0, 0.05) is 25.8 Å². The molecule has 0 aliphatic rings. The summed E-state index contributed by atoms with van der Waals surface area (Å²) in [7, 11) is 3.75. The van der Waals surface area contributed by atoms with Crippen molar-refractivity contribution < 1.29 is 0 Å². The largest absolute Gasteiger partial charge is 0.321 e. The third kappa shape index (κ3) is 4.32. The molecule has 0 fully saturated rings. The van der Waals surface area contributed by atoms with E-state index in [0.29, 0.717) is 0 Å². The van der Waals surface area contributed by atoms with Crippen molar-refractivity contribution in [3.63, 3.8) is 0 Å². The number of nitrogens with two attached hydrogens (primary N) is 1. The molecular weight excluding hydrogens is 126 g/mol. The Bertz CT molecular complexity index is 116. The van der Waals surface area contributed by atoms with Crippen molar-refractivity contribution in [2.75, 3.05) is 14.1 Å². The van der Waals surface area contributed by atoms with E-state index in [0.717, 1.165) is 6.42 Å². The SMILES string of the molecule is CCC(C)(N)C=NN(C)C. The second-order valence-electron chi connectivity index (χ2n) is 2.95.